The van der Waals surface area contributed by atoms with Crippen molar-refractivity contribution < 1.29 is 9.90 Å². The summed E-state index contributed by atoms with van der Waals surface area (Å²) in [5.41, 5.74) is 9.41. The molecule has 8 nitrogen and oxygen atoms in total. The number of hydrogen-bond acceptors (Lipinski definition) is 6. The predicted molar refractivity (Wildman–Crippen MR) is 200 cm³/mol. The summed E-state index contributed by atoms with van der Waals surface area (Å²) in [7, 11) is 0. The maximum Gasteiger partial charge on any atom is 0.263 e. The summed E-state index contributed by atoms with van der Waals surface area (Å²) < 4.78 is 2.06. The van der Waals surface area contributed by atoms with Crippen LogP contribution >= 0.6 is 0 Å². The van der Waals surface area contributed by atoms with Crippen molar-refractivity contribution >= 4 is 33.4 Å². The molecule has 0 saturated carbocycles. The van der Waals surface area contributed by atoms with Gasteiger partial charge in [-0.25, -0.2) is 9.97 Å². The fraction of sp³-hybridized carbons (Fsp3) is 0.0227. The third kappa shape index (κ3) is 4.91. The van der Waals surface area contributed by atoms with Crippen LogP contribution in [0.1, 0.15) is 33.5 Å². The Morgan fingerprint density at radius 1 is 0.577 bits per heavy atom. The molecule has 0 spiro atoms. The molecule has 0 radical (unpaired) electrons. The lowest BCUT2D eigenvalue weighted by atomic mass is 10.0. The van der Waals surface area contributed by atoms with Gasteiger partial charge in [-0.15, -0.1) is 0 Å². The van der Waals surface area contributed by atoms with Crippen LogP contribution in [0, 0.1) is 22.7 Å². The smallest absolute Gasteiger partial charge is 0.263 e. The number of carbonyl (C=O) groups is 1. The largest absolute Gasteiger partial charge is 0.369 e. The van der Waals surface area contributed by atoms with Crippen molar-refractivity contribution in [2.45, 2.75) is 6.23 Å². The fourth-order valence-corrected chi connectivity index (χ4v) is 7.20. The number of anilines is 1. The molecule has 0 saturated heterocycles. The Bertz CT molecular complexity index is 2710. The van der Waals surface area contributed by atoms with Gasteiger partial charge >= 0.3 is 0 Å². The van der Waals surface area contributed by atoms with Crippen molar-refractivity contribution in [3.05, 3.63) is 168 Å². The van der Waals surface area contributed by atoms with Gasteiger partial charge in [-0.3, -0.25) is 9.69 Å². The van der Waals surface area contributed by atoms with Crippen molar-refractivity contribution in [1.29, 1.82) is 10.5 Å². The van der Waals surface area contributed by atoms with Crippen LogP contribution in [-0.2, 0) is 0 Å². The Morgan fingerprint density at radius 3 is 1.77 bits per heavy atom. The van der Waals surface area contributed by atoms with Gasteiger partial charge in [0.05, 0.1) is 33.7 Å². The van der Waals surface area contributed by atoms with Crippen LogP contribution in [0.5, 0.6) is 0 Å². The Kier molecular flexibility index (Phi) is 7.18. The minimum absolute atomic E-state index is 0.304. The molecule has 1 aliphatic rings. The lowest BCUT2D eigenvalue weighted by Gasteiger charge is -2.21. The highest BCUT2D eigenvalue weighted by atomic mass is 16.3. The molecule has 9 rings (SSSR count). The average molecular weight is 671 g/mol. The van der Waals surface area contributed by atoms with E-state index in [2.05, 4.69) is 26.7 Å². The first kappa shape index (κ1) is 30.7. The van der Waals surface area contributed by atoms with Crippen LogP contribution in [0.25, 0.3) is 61.1 Å². The lowest BCUT2D eigenvalue weighted by Crippen LogP contribution is -2.27. The quantitative estimate of drug-likeness (QED) is 0.195. The molecule has 4 heterocycles. The van der Waals surface area contributed by atoms with Gasteiger partial charge in [-0.1, -0.05) is 78.9 Å². The number of benzene rings is 5. The summed E-state index contributed by atoms with van der Waals surface area (Å²) in [5.74, 6) is -0.304. The third-order valence-electron chi connectivity index (χ3n) is 9.59. The Hall–Kier alpha value is -7.39. The van der Waals surface area contributed by atoms with Crippen molar-refractivity contribution in [3.63, 3.8) is 0 Å². The van der Waals surface area contributed by atoms with Crippen LogP contribution in [0.15, 0.2) is 146 Å². The van der Waals surface area contributed by atoms with Crippen LogP contribution in [-0.4, -0.2) is 25.5 Å². The van der Waals surface area contributed by atoms with Gasteiger partial charge in [0.25, 0.3) is 5.91 Å². The summed E-state index contributed by atoms with van der Waals surface area (Å²) in [6, 6.07) is 50.1. The lowest BCUT2D eigenvalue weighted by molar-refractivity contribution is 0.0935. The summed E-state index contributed by atoms with van der Waals surface area (Å²) in [6.07, 6.45) is -1.18. The van der Waals surface area contributed by atoms with Gasteiger partial charge in [0.15, 0.2) is 6.23 Å². The number of fused-ring (bicyclic) bond motifs is 4. The van der Waals surface area contributed by atoms with Crippen LogP contribution in [0.2, 0.25) is 0 Å². The highest BCUT2D eigenvalue weighted by Gasteiger charge is 2.39. The first-order valence-electron chi connectivity index (χ1n) is 16.7. The Balaban J connectivity index is 1.24. The number of aliphatic hydroxyl groups excluding tert-OH is 1. The molecule has 1 N–H and O–H groups in total. The number of aliphatic hydroxyl groups is 1. The second kappa shape index (κ2) is 12.2. The maximum atomic E-state index is 14.5. The topological polar surface area (TPSA) is 119 Å². The molecule has 0 bridgehead atoms. The number of hydrogen-bond donors (Lipinski definition) is 1. The van der Waals surface area contributed by atoms with Gasteiger partial charge < -0.3 is 9.67 Å². The molecule has 244 valence electrons. The zero-order chi connectivity index (χ0) is 35.3. The summed E-state index contributed by atoms with van der Waals surface area (Å²) in [4.78, 5) is 25.1. The van der Waals surface area contributed by atoms with E-state index in [9.17, 15) is 20.4 Å². The van der Waals surface area contributed by atoms with Crippen molar-refractivity contribution in [1.82, 2.24) is 14.5 Å². The van der Waals surface area contributed by atoms with Gasteiger partial charge in [-0.2, -0.15) is 10.5 Å². The number of nitrogens with zero attached hydrogens (tertiary/aromatic N) is 6. The number of amides is 1. The van der Waals surface area contributed by atoms with Gasteiger partial charge in [-0.05, 0) is 77.9 Å². The third-order valence-corrected chi connectivity index (χ3v) is 9.59. The molecule has 5 aromatic carbocycles. The number of aromatic nitrogens is 3. The Morgan fingerprint density at radius 2 is 1.15 bits per heavy atom. The highest BCUT2D eigenvalue weighted by molar-refractivity contribution is 6.16. The highest BCUT2D eigenvalue weighted by Crippen LogP contribution is 2.43. The number of rotatable bonds is 5. The molecule has 52 heavy (non-hydrogen) atoms. The van der Waals surface area contributed by atoms with Crippen molar-refractivity contribution in [2.75, 3.05) is 4.90 Å². The SMILES string of the molecule is N#Cc1cccc(-c2ccc3c(c2)c2cc(-c4cccc(C#N)n4)ccc2n3-c2cccc3c2C(=O)N(c2cccc(-c4ccccc4)c2)C3O)n1. The van der Waals surface area contributed by atoms with Crippen LogP contribution < -0.4 is 4.90 Å². The van der Waals surface area contributed by atoms with E-state index < -0.39 is 6.23 Å². The summed E-state index contributed by atoms with van der Waals surface area (Å²) >= 11 is 0. The second-order valence-electron chi connectivity index (χ2n) is 12.5. The standard InChI is InChI=1S/C44H26N6O2/c45-25-31-11-5-15-37(47-31)29-18-20-39-35(23-29)36-24-30(38-16-6-12-32(26-46)48-38)19-21-40(36)50(39)41-17-7-14-34-42(41)44(52)49(43(34)51)33-13-4-10-28(22-33)27-8-2-1-3-9-27/h1-24,43,51H. The van der Waals surface area contributed by atoms with Crippen molar-refractivity contribution in [3.8, 4) is 51.5 Å². The molecule has 3 aromatic heterocycles. The molecule has 8 aromatic rings. The zero-order valence-electron chi connectivity index (χ0n) is 27.5. The molecule has 0 fully saturated rings. The first-order chi connectivity index (χ1) is 25.5. The molecular formula is C44H26N6O2. The number of nitriles is 2. The molecule has 0 aliphatic carbocycles. The van der Waals surface area contributed by atoms with Gasteiger partial charge in [0.2, 0.25) is 0 Å². The van der Waals surface area contributed by atoms with E-state index in [1.807, 2.05) is 127 Å². The number of carbonyl (C=O) groups excluding carboxylic acids is 1. The average Bonchev–Trinajstić information content (AvgIpc) is 3.67. The molecule has 1 unspecified atom stereocenters. The van der Waals surface area contributed by atoms with E-state index in [1.54, 1.807) is 18.2 Å². The first-order valence-corrected chi connectivity index (χ1v) is 16.7. The molecule has 1 atom stereocenters. The fourth-order valence-electron chi connectivity index (χ4n) is 7.20. The zero-order valence-corrected chi connectivity index (χ0v) is 27.5. The molecule has 8 heteroatoms. The maximum absolute atomic E-state index is 14.5. The second-order valence-corrected chi connectivity index (χ2v) is 12.5. The van der Waals surface area contributed by atoms with E-state index in [-0.39, 0.29) is 5.91 Å². The van der Waals surface area contributed by atoms with E-state index in [0.29, 0.717) is 45.3 Å². The monoisotopic (exact) mass is 670 g/mol. The summed E-state index contributed by atoms with van der Waals surface area (Å²) in [5, 5.41) is 32.5. The van der Waals surface area contributed by atoms with Crippen LogP contribution in [0.3, 0.4) is 0 Å². The van der Waals surface area contributed by atoms with Gasteiger partial charge in [0, 0.05) is 33.2 Å². The van der Waals surface area contributed by atoms with Crippen molar-refractivity contribution in [2.24, 2.45) is 0 Å². The summed E-state index contributed by atoms with van der Waals surface area (Å²) in [6.45, 7) is 0. The Labute approximate surface area is 298 Å². The van der Waals surface area contributed by atoms with Gasteiger partial charge in [0.1, 0.15) is 23.5 Å². The van der Waals surface area contributed by atoms with E-state index in [0.717, 1.165) is 44.1 Å². The predicted octanol–water partition coefficient (Wildman–Crippen LogP) is 8.97. The molecule has 1 amide bonds. The minimum Gasteiger partial charge on any atom is -0.369 e. The number of pyridine rings is 2. The molecule has 1 aliphatic heterocycles. The normalized spacial score (nSPS) is 13.6. The minimum atomic E-state index is -1.18. The van der Waals surface area contributed by atoms with E-state index in [1.165, 1.54) is 4.90 Å². The van der Waals surface area contributed by atoms with E-state index in [4.69, 9.17) is 0 Å². The van der Waals surface area contributed by atoms with Crippen LogP contribution in [0.4, 0.5) is 5.69 Å². The molecular weight excluding hydrogens is 645 g/mol. The van der Waals surface area contributed by atoms with E-state index >= 15 is 0 Å².